The summed E-state index contributed by atoms with van der Waals surface area (Å²) in [5, 5.41) is 0.00267. The fourth-order valence-corrected chi connectivity index (χ4v) is 3.04. The number of aromatic nitrogens is 2. The minimum atomic E-state index is -3.62. The molecule has 5 nitrogen and oxygen atoms in total. The topological polar surface area (TPSA) is 55.2 Å². The standard InChI is InChI=1S/C9H14ClN3O2S/c1-4-6-13(5-2)16(14,15)9-8(10)12(3)7-11-9/h4,7H,1,5-6H2,2-3H3. The van der Waals surface area contributed by atoms with E-state index in [0.717, 1.165) is 0 Å². The number of imidazole rings is 1. The fraction of sp³-hybridized carbons (Fsp3) is 0.444. The molecular weight excluding hydrogens is 250 g/mol. The SMILES string of the molecule is C=CCN(CC)S(=O)(=O)c1ncn(C)c1Cl. The van der Waals surface area contributed by atoms with Gasteiger partial charge in [-0.25, -0.2) is 13.4 Å². The Bertz CT molecular complexity index is 481. The quantitative estimate of drug-likeness (QED) is 0.752. The highest BCUT2D eigenvalue weighted by atomic mass is 35.5. The molecular formula is C9H14ClN3O2S. The van der Waals surface area contributed by atoms with Gasteiger partial charge in [0.15, 0.2) is 0 Å². The van der Waals surface area contributed by atoms with Gasteiger partial charge in [0.25, 0.3) is 10.0 Å². The predicted octanol–water partition coefficient (Wildman–Crippen LogP) is 1.27. The number of halogens is 1. The summed E-state index contributed by atoms with van der Waals surface area (Å²) in [6.07, 6.45) is 2.90. The maximum Gasteiger partial charge on any atom is 0.263 e. The van der Waals surface area contributed by atoms with Crippen LogP contribution in [0.25, 0.3) is 0 Å². The van der Waals surface area contributed by atoms with Gasteiger partial charge in [-0.3, -0.25) is 0 Å². The van der Waals surface area contributed by atoms with Crippen molar-refractivity contribution in [2.75, 3.05) is 13.1 Å². The van der Waals surface area contributed by atoms with Gasteiger partial charge in [0.1, 0.15) is 5.15 Å². The lowest BCUT2D eigenvalue weighted by Crippen LogP contribution is -2.31. The Morgan fingerprint density at radius 1 is 1.69 bits per heavy atom. The molecule has 1 rings (SSSR count). The van der Waals surface area contributed by atoms with Crippen molar-refractivity contribution in [1.29, 1.82) is 0 Å². The third-order valence-corrected chi connectivity index (χ3v) is 4.54. The summed E-state index contributed by atoms with van der Waals surface area (Å²) in [4.78, 5) is 3.81. The summed E-state index contributed by atoms with van der Waals surface area (Å²) in [5.41, 5.74) is 0. The first kappa shape index (κ1) is 13.2. The maximum atomic E-state index is 12.1. The van der Waals surface area contributed by atoms with Crippen molar-refractivity contribution in [3.63, 3.8) is 0 Å². The van der Waals surface area contributed by atoms with Gasteiger partial charge in [-0.1, -0.05) is 24.6 Å². The van der Waals surface area contributed by atoms with Crippen LogP contribution in [-0.2, 0) is 17.1 Å². The van der Waals surface area contributed by atoms with Crippen LogP contribution in [0.1, 0.15) is 6.92 Å². The average Bonchev–Trinajstić information content (AvgIpc) is 2.56. The van der Waals surface area contributed by atoms with E-state index >= 15 is 0 Å². The second-order valence-electron chi connectivity index (χ2n) is 3.20. The number of hydrogen-bond donors (Lipinski definition) is 0. The van der Waals surface area contributed by atoms with Crippen LogP contribution in [0, 0.1) is 0 Å². The third kappa shape index (κ3) is 2.28. The number of nitrogens with zero attached hydrogens (tertiary/aromatic N) is 3. The van der Waals surface area contributed by atoms with Crippen LogP contribution in [0.5, 0.6) is 0 Å². The minimum Gasteiger partial charge on any atom is -0.324 e. The highest BCUT2D eigenvalue weighted by Crippen LogP contribution is 2.22. The summed E-state index contributed by atoms with van der Waals surface area (Å²) in [6.45, 7) is 5.86. The van der Waals surface area contributed by atoms with E-state index in [-0.39, 0.29) is 16.7 Å². The van der Waals surface area contributed by atoms with E-state index in [1.165, 1.54) is 21.3 Å². The first-order valence-corrected chi connectivity index (χ1v) is 6.54. The van der Waals surface area contributed by atoms with Crippen LogP contribution in [-0.4, -0.2) is 35.4 Å². The molecule has 0 radical (unpaired) electrons. The molecule has 90 valence electrons. The Labute approximate surface area is 100 Å². The largest absolute Gasteiger partial charge is 0.324 e. The monoisotopic (exact) mass is 263 g/mol. The van der Waals surface area contributed by atoms with Crippen LogP contribution >= 0.6 is 11.6 Å². The molecule has 7 heteroatoms. The van der Waals surface area contributed by atoms with E-state index in [0.29, 0.717) is 6.54 Å². The predicted molar refractivity (Wildman–Crippen MR) is 62.8 cm³/mol. The van der Waals surface area contributed by atoms with Crippen molar-refractivity contribution < 1.29 is 8.42 Å². The molecule has 0 atom stereocenters. The van der Waals surface area contributed by atoms with Gasteiger partial charge in [-0.15, -0.1) is 6.58 Å². The molecule has 0 spiro atoms. The van der Waals surface area contributed by atoms with Gasteiger partial charge in [0.2, 0.25) is 5.03 Å². The lowest BCUT2D eigenvalue weighted by Gasteiger charge is -2.17. The van der Waals surface area contributed by atoms with Gasteiger partial charge in [-0.2, -0.15) is 4.31 Å². The van der Waals surface area contributed by atoms with Crippen LogP contribution < -0.4 is 0 Å². The van der Waals surface area contributed by atoms with Crippen LogP contribution in [0.2, 0.25) is 5.15 Å². The van der Waals surface area contributed by atoms with Gasteiger partial charge in [-0.05, 0) is 0 Å². The Morgan fingerprint density at radius 2 is 2.31 bits per heavy atom. The van der Waals surface area contributed by atoms with E-state index in [9.17, 15) is 8.42 Å². The Balaban J connectivity index is 3.19. The molecule has 1 aromatic rings. The Hall–Kier alpha value is -0.850. The van der Waals surface area contributed by atoms with Gasteiger partial charge in [0.05, 0.1) is 6.33 Å². The van der Waals surface area contributed by atoms with Gasteiger partial charge >= 0.3 is 0 Å². The molecule has 0 aromatic carbocycles. The molecule has 0 amide bonds. The maximum absolute atomic E-state index is 12.1. The minimum absolute atomic E-state index is 0.111. The molecule has 1 heterocycles. The lowest BCUT2D eigenvalue weighted by molar-refractivity contribution is 0.457. The van der Waals surface area contributed by atoms with Gasteiger partial charge < -0.3 is 4.57 Å². The summed E-state index contributed by atoms with van der Waals surface area (Å²) in [6, 6.07) is 0. The molecule has 0 aliphatic heterocycles. The number of sulfonamides is 1. The van der Waals surface area contributed by atoms with Crippen molar-refractivity contribution in [2.45, 2.75) is 11.9 Å². The Kier molecular flexibility index (Phi) is 4.12. The van der Waals surface area contributed by atoms with Crippen molar-refractivity contribution in [3.05, 3.63) is 24.1 Å². The van der Waals surface area contributed by atoms with E-state index in [1.54, 1.807) is 14.0 Å². The van der Waals surface area contributed by atoms with E-state index in [2.05, 4.69) is 11.6 Å². The molecule has 0 saturated carbocycles. The Morgan fingerprint density at radius 3 is 2.69 bits per heavy atom. The van der Waals surface area contributed by atoms with E-state index in [1.807, 2.05) is 0 Å². The number of likely N-dealkylation sites (N-methyl/N-ethyl adjacent to an activating group) is 1. The molecule has 16 heavy (non-hydrogen) atoms. The van der Waals surface area contributed by atoms with Crippen molar-refractivity contribution in [1.82, 2.24) is 13.9 Å². The summed E-state index contributed by atoms with van der Waals surface area (Å²) < 4.78 is 26.9. The molecule has 0 saturated heterocycles. The molecule has 0 bridgehead atoms. The zero-order chi connectivity index (χ0) is 12.3. The van der Waals surface area contributed by atoms with Crippen molar-refractivity contribution in [2.24, 2.45) is 7.05 Å². The van der Waals surface area contributed by atoms with Crippen LogP contribution in [0.4, 0.5) is 0 Å². The smallest absolute Gasteiger partial charge is 0.263 e. The summed E-state index contributed by atoms with van der Waals surface area (Å²) in [5.74, 6) is 0. The first-order chi connectivity index (χ1) is 7.45. The highest BCUT2D eigenvalue weighted by Gasteiger charge is 2.27. The molecule has 0 fully saturated rings. The molecule has 0 aliphatic rings. The molecule has 0 unspecified atom stereocenters. The van der Waals surface area contributed by atoms with E-state index in [4.69, 9.17) is 11.6 Å². The number of hydrogen-bond acceptors (Lipinski definition) is 3. The zero-order valence-electron chi connectivity index (χ0n) is 9.22. The van der Waals surface area contributed by atoms with Gasteiger partial charge in [0, 0.05) is 20.1 Å². The molecule has 1 aromatic heterocycles. The number of rotatable bonds is 5. The molecule has 0 N–H and O–H groups in total. The summed E-state index contributed by atoms with van der Waals surface area (Å²) >= 11 is 5.86. The fourth-order valence-electron chi connectivity index (χ4n) is 1.23. The first-order valence-electron chi connectivity index (χ1n) is 4.73. The average molecular weight is 264 g/mol. The lowest BCUT2D eigenvalue weighted by atomic mass is 10.6. The highest BCUT2D eigenvalue weighted by molar-refractivity contribution is 7.89. The van der Waals surface area contributed by atoms with Crippen molar-refractivity contribution >= 4 is 21.6 Å². The second kappa shape index (κ2) is 4.99. The summed E-state index contributed by atoms with van der Waals surface area (Å²) in [7, 11) is -1.99. The third-order valence-electron chi connectivity index (χ3n) is 2.10. The van der Waals surface area contributed by atoms with E-state index < -0.39 is 10.0 Å². The number of aryl methyl sites for hydroxylation is 1. The normalized spacial score (nSPS) is 12.0. The molecule has 0 aliphatic carbocycles. The second-order valence-corrected chi connectivity index (χ2v) is 5.41. The van der Waals surface area contributed by atoms with Crippen LogP contribution in [0.15, 0.2) is 24.0 Å². The van der Waals surface area contributed by atoms with Crippen molar-refractivity contribution in [3.8, 4) is 0 Å². The zero-order valence-corrected chi connectivity index (χ0v) is 10.8. The van der Waals surface area contributed by atoms with Crippen LogP contribution in [0.3, 0.4) is 0 Å².